The Kier molecular flexibility index (Phi) is 4.47. The lowest BCUT2D eigenvalue weighted by Crippen LogP contribution is -2.30. The van der Waals surface area contributed by atoms with E-state index in [9.17, 15) is 9.59 Å². The van der Waals surface area contributed by atoms with Gasteiger partial charge in [-0.2, -0.15) is 0 Å². The molecule has 1 atom stereocenters. The molecule has 3 aromatic carbocycles. The molecule has 0 saturated carbocycles. The smallest absolute Gasteiger partial charge is 0.297 e. The number of halogens is 1. The molecule has 168 valence electrons. The molecule has 0 radical (unpaired) electrons. The van der Waals surface area contributed by atoms with E-state index >= 15 is 4.39 Å². The van der Waals surface area contributed by atoms with Crippen molar-refractivity contribution >= 4 is 43.6 Å². The normalized spacial score (nSPS) is 15.5. The molecule has 6 rings (SSSR count). The van der Waals surface area contributed by atoms with Gasteiger partial charge in [-0.3, -0.25) is 14.5 Å². The second-order valence-electron chi connectivity index (χ2n) is 8.70. The molecule has 7 heteroatoms. The van der Waals surface area contributed by atoms with Gasteiger partial charge in [0.1, 0.15) is 17.4 Å². The number of benzene rings is 3. The van der Waals surface area contributed by atoms with Gasteiger partial charge in [0, 0.05) is 5.56 Å². The van der Waals surface area contributed by atoms with Gasteiger partial charge in [-0.25, -0.2) is 9.37 Å². The molecule has 0 spiro atoms. The van der Waals surface area contributed by atoms with Gasteiger partial charge in [0.2, 0.25) is 5.76 Å². The van der Waals surface area contributed by atoms with Crippen molar-refractivity contribution in [1.82, 2.24) is 4.98 Å². The Labute approximate surface area is 198 Å². The summed E-state index contributed by atoms with van der Waals surface area (Å²) in [5, 5.41) is 0.762. The molecule has 0 N–H and O–H groups in total. The first-order chi connectivity index (χ1) is 16.3. The third kappa shape index (κ3) is 2.93. The first kappa shape index (κ1) is 20.7. The van der Waals surface area contributed by atoms with Crippen LogP contribution < -0.4 is 10.3 Å². The zero-order valence-corrected chi connectivity index (χ0v) is 19.5. The lowest BCUT2D eigenvalue weighted by atomic mass is 9.98. The Bertz CT molecular complexity index is 1720. The number of aryl methyl sites for hydroxylation is 3. The lowest BCUT2D eigenvalue weighted by Gasteiger charge is -2.22. The molecular formula is C27H19FN2O3S. The van der Waals surface area contributed by atoms with E-state index in [1.807, 2.05) is 39.0 Å². The van der Waals surface area contributed by atoms with Crippen molar-refractivity contribution in [3.8, 4) is 0 Å². The summed E-state index contributed by atoms with van der Waals surface area (Å²) in [7, 11) is 0. The van der Waals surface area contributed by atoms with E-state index in [-0.39, 0.29) is 22.3 Å². The van der Waals surface area contributed by atoms with Crippen molar-refractivity contribution in [1.29, 1.82) is 0 Å². The molecule has 2 aromatic heterocycles. The van der Waals surface area contributed by atoms with Gasteiger partial charge in [0.25, 0.3) is 5.91 Å². The molecule has 1 aliphatic rings. The second kappa shape index (κ2) is 7.33. The number of fused-ring (bicyclic) bond motifs is 3. The van der Waals surface area contributed by atoms with Gasteiger partial charge in [-0.05, 0) is 56.2 Å². The summed E-state index contributed by atoms with van der Waals surface area (Å²) >= 11 is 1.34. The third-order valence-corrected chi connectivity index (χ3v) is 7.25. The van der Waals surface area contributed by atoms with Crippen LogP contribution in [0.2, 0.25) is 0 Å². The van der Waals surface area contributed by atoms with E-state index in [0.717, 1.165) is 26.9 Å². The summed E-state index contributed by atoms with van der Waals surface area (Å²) in [4.78, 5) is 33.6. The fourth-order valence-electron chi connectivity index (χ4n) is 4.74. The largest absolute Gasteiger partial charge is 0.450 e. The molecule has 0 bridgehead atoms. The van der Waals surface area contributed by atoms with Crippen LogP contribution in [-0.2, 0) is 0 Å². The Morgan fingerprint density at radius 2 is 1.79 bits per heavy atom. The minimum Gasteiger partial charge on any atom is -0.450 e. The standard InChI is InChI=1S/C27H19FN2O3S/c1-13-8-9-19-17(11-13)24(31)21-23(16-6-4-5-7-18(16)28)30(26(32)25(21)33-19)27-29-22-15(3)10-14(2)12-20(22)34-27/h4-12,23H,1-3H3/t23-/m0/s1. The van der Waals surface area contributed by atoms with Gasteiger partial charge in [0.15, 0.2) is 10.6 Å². The highest BCUT2D eigenvalue weighted by molar-refractivity contribution is 7.22. The number of hydrogen-bond donors (Lipinski definition) is 0. The highest BCUT2D eigenvalue weighted by Gasteiger charge is 2.46. The number of carbonyl (C=O) groups excluding carboxylic acids is 1. The Morgan fingerprint density at radius 1 is 1.00 bits per heavy atom. The van der Waals surface area contributed by atoms with Gasteiger partial charge in [0.05, 0.1) is 21.2 Å². The molecule has 0 aliphatic carbocycles. The van der Waals surface area contributed by atoms with Crippen molar-refractivity contribution in [3.63, 3.8) is 0 Å². The fourth-order valence-corrected chi connectivity index (χ4v) is 5.91. The van der Waals surface area contributed by atoms with Gasteiger partial charge in [-0.15, -0.1) is 0 Å². The molecule has 3 heterocycles. The van der Waals surface area contributed by atoms with Crippen molar-refractivity contribution in [2.24, 2.45) is 0 Å². The fraction of sp³-hybridized carbons (Fsp3) is 0.148. The lowest BCUT2D eigenvalue weighted by molar-refractivity contribution is 0.0971. The van der Waals surface area contributed by atoms with Crippen LogP contribution in [0.5, 0.6) is 0 Å². The average molecular weight is 471 g/mol. The number of amides is 1. The number of nitrogens with zero attached hydrogens (tertiary/aromatic N) is 2. The third-order valence-electron chi connectivity index (χ3n) is 6.25. The van der Waals surface area contributed by atoms with E-state index in [2.05, 4.69) is 0 Å². The second-order valence-corrected chi connectivity index (χ2v) is 9.71. The predicted octanol–water partition coefficient (Wildman–Crippen LogP) is 6.22. The number of carbonyl (C=O) groups is 1. The van der Waals surface area contributed by atoms with Crippen LogP contribution in [0.3, 0.4) is 0 Å². The maximum Gasteiger partial charge on any atom is 0.297 e. The highest BCUT2D eigenvalue weighted by atomic mass is 32.1. The van der Waals surface area contributed by atoms with Crippen molar-refractivity contribution in [2.75, 3.05) is 4.90 Å². The number of aromatic nitrogens is 1. The van der Waals surface area contributed by atoms with Crippen LogP contribution in [-0.4, -0.2) is 10.9 Å². The SMILES string of the molecule is Cc1cc(C)c2nc(N3C(=O)c4oc5ccc(C)cc5c(=O)c4[C@@H]3c3ccccc3F)sc2c1. The summed E-state index contributed by atoms with van der Waals surface area (Å²) in [6.45, 7) is 5.85. The summed E-state index contributed by atoms with van der Waals surface area (Å²) in [5.74, 6) is -1.08. The Morgan fingerprint density at radius 3 is 2.59 bits per heavy atom. The van der Waals surface area contributed by atoms with Crippen LogP contribution >= 0.6 is 11.3 Å². The number of hydrogen-bond acceptors (Lipinski definition) is 5. The summed E-state index contributed by atoms with van der Waals surface area (Å²) < 4.78 is 22.0. The first-order valence-electron chi connectivity index (χ1n) is 10.9. The quantitative estimate of drug-likeness (QED) is 0.307. The molecule has 1 amide bonds. The highest BCUT2D eigenvalue weighted by Crippen LogP contribution is 2.44. The monoisotopic (exact) mass is 470 g/mol. The molecular weight excluding hydrogens is 451 g/mol. The Balaban J connectivity index is 1.67. The minimum atomic E-state index is -0.980. The number of thiazole rings is 1. The van der Waals surface area contributed by atoms with Crippen LogP contribution in [0.1, 0.15) is 44.4 Å². The maximum atomic E-state index is 15.1. The van der Waals surface area contributed by atoms with E-state index in [1.54, 1.807) is 30.3 Å². The van der Waals surface area contributed by atoms with Crippen molar-refractivity contribution < 1.29 is 13.6 Å². The van der Waals surface area contributed by atoms with Gasteiger partial charge < -0.3 is 4.42 Å². The van der Waals surface area contributed by atoms with E-state index in [4.69, 9.17) is 9.40 Å². The van der Waals surface area contributed by atoms with E-state index in [1.165, 1.54) is 22.3 Å². The summed E-state index contributed by atoms with van der Waals surface area (Å²) in [5.41, 5.74) is 4.09. The van der Waals surface area contributed by atoms with Gasteiger partial charge >= 0.3 is 0 Å². The van der Waals surface area contributed by atoms with Crippen LogP contribution in [0.15, 0.2) is 63.8 Å². The molecule has 1 aliphatic heterocycles. The molecule has 34 heavy (non-hydrogen) atoms. The molecule has 0 fully saturated rings. The van der Waals surface area contributed by atoms with Crippen LogP contribution in [0, 0.1) is 26.6 Å². The first-order valence-corrected chi connectivity index (χ1v) is 11.7. The zero-order valence-electron chi connectivity index (χ0n) is 18.7. The Hall–Kier alpha value is -3.84. The van der Waals surface area contributed by atoms with Crippen LogP contribution in [0.4, 0.5) is 9.52 Å². The summed E-state index contributed by atoms with van der Waals surface area (Å²) in [6, 6.07) is 14.5. The maximum absolute atomic E-state index is 15.1. The van der Waals surface area contributed by atoms with E-state index in [0.29, 0.717) is 16.1 Å². The van der Waals surface area contributed by atoms with Crippen molar-refractivity contribution in [2.45, 2.75) is 26.8 Å². The topological polar surface area (TPSA) is 63.4 Å². The van der Waals surface area contributed by atoms with Gasteiger partial charge in [-0.1, -0.05) is 47.2 Å². The number of anilines is 1. The number of rotatable bonds is 2. The summed E-state index contributed by atoms with van der Waals surface area (Å²) in [6.07, 6.45) is 0. The molecule has 0 saturated heterocycles. The predicted molar refractivity (Wildman–Crippen MR) is 131 cm³/mol. The zero-order chi connectivity index (χ0) is 23.7. The molecule has 0 unspecified atom stereocenters. The molecule has 5 nitrogen and oxygen atoms in total. The van der Waals surface area contributed by atoms with Crippen molar-refractivity contribution in [3.05, 3.63) is 104 Å². The van der Waals surface area contributed by atoms with Crippen LogP contribution in [0.25, 0.3) is 21.2 Å². The molecule has 5 aromatic rings. The average Bonchev–Trinajstić information content (AvgIpc) is 3.34. The van der Waals surface area contributed by atoms with E-state index < -0.39 is 17.8 Å². The minimum absolute atomic E-state index is 0.0678.